The molecule has 8 heteroatoms. The summed E-state index contributed by atoms with van der Waals surface area (Å²) in [5, 5.41) is 9.28. The number of aromatic amines is 1. The van der Waals surface area contributed by atoms with Crippen molar-refractivity contribution >= 4 is 15.7 Å². The van der Waals surface area contributed by atoms with Gasteiger partial charge >= 0.3 is 0 Å². The van der Waals surface area contributed by atoms with Gasteiger partial charge in [0.25, 0.3) is 10.0 Å². The number of nitrogens with one attached hydrogen (secondary N) is 2. The lowest BCUT2D eigenvalue weighted by Crippen LogP contribution is -2.27. The van der Waals surface area contributed by atoms with Crippen LogP contribution >= 0.6 is 0 Å². The molecule has 0 aliphatic carbocycles. The molecule has 0 aromatic carbocycles. The Bertz CT molecular complexity index is 639. The molecule has 0 fully saturated rings. The van der Waals surface area contributed by atoms with E-state index in [1.807, 2.05) is 0 Å². The molecule has 2 rings (SSSR count). The van der Waals surface area contributed by atoms with E-state index in [1.54, 1.807) is 31.6 Å². The highest BCUT2D eigenvalue weighted by Crippen LogP contribution is 2.21. The van der Waals surface area contributed by atoms with Gasteiger partial charge in [-0.2, -0.15) is 9.40 Å². The number of rotatable bonds is 5. The average molecular weight is 281 g/mol. The van der Waals surface area contributed by atoms with Crippen molar-refractivity contribution in [1.29, 1.82) is 0 Å². The van der Waals surface area contributed by atoms with Crippen molar-refractivity contribution in [2.45, 2.75) is 11.6 Å². The first-order valence-electron chi connectivity index (χ1n) is 5.62. The molecule has 7 nitrogen and oxygen atoms in total. The minimum Gasteiger partial charge on any atom is -0.386 e. The van der Waals surface area contributed by atoms with Crippen molar-refractivity contribution in [3.05, 3.63) is 36.3 Å². The standard InChI is InChI=1S/C11H15N5O2S/c1-12-10-4-3-5-13-11(10)19(17,18)16(2)8-9-6-14-15-7-9/h3-7,12H,8H2,1-2H3,(H,14,15). The lowest BCUT2D eigenvalue weighted by molar-refractivity contribution is 0.464. The van der Waals surface area contributed by atoms with Crippen LogP contribution in [-0.2, 0) is 16.6 Å². The Morgan fingerprint density at radius 3 is 2.89 bits per heavy atom. The molecule has 0 saturated heterocycles. The molecule has 0 radical (unpaired) electrons. The van der Waals surface area contributed by atoms with Crippen LogP contribution in [0.5, 0.6) is 0 Å². The van der Waals surface area contributed by atoms with Gasteiger partial charge in [0.05, 0.1) is 11.9 Å². The van der Waals surface area contributed by atoms with Gasteiger partial charge in [0.15, 0.2) is 5.03 Å². The predicted octanol–water partition coefficient (Wildman–Crippen LogP) is 0.667. The summed E-state index contributed by atoms with van der Waals surface area (Å²) >= 11 is 0. The largest absolute Gasteiger partial charge is 0.386 e. The van der Waals surface area contributed by atoms with Crippen LogP contribution in [0.15, 0.2) is 35.7 Å². The van der Waals surface area contributed by atoms with Crippen molar-refractivity contribution < 1.29 is 8.42 Å². The number of hydrogen-bond donors (Lipinski definition) is 2. The maximum atomic E-state index is 12.4. The second-order valence-electron chi connectivity index (χ2n) is 3.97. The molecule has 2 heterocycles. The zero-order valence-corrected chi connectivity index (χ0v) is 11.5. The first kappa shape index (κ1) is 13.5. The van der Waals surface area contributed by atoms with E-state index >= 15 is 0 Å². The fraction of sp³-hybridized carbons (Fsp3) is 0.273. The number of H-pyrrole nitrogens is 1. The van der Waals surface area contributed by atoms with Crippen LogP contribution in [0.4, 0.5) is 5.69 Å². The number of nitrogens with zero attached hydrogens (tertiary/aromatic N) is 3. The first-order valence-corrected chi connectivity index (χ1v) is 7.06. The zero-order chi connectivity index (χ0) is 13.9. The normalized spacial score (nSPS) is 11.7. The van der Waals surface area contributed by atoms with Gasteiger partial charge in [-0.1, -0.05) is 0 Å². The molecule has 19 heavy (non-hydrogen) atoms. The molecule has 2 aromatic heterocycles. The third kappa shape index (κ3) is 2.74. The molecule has 0 amide bonds. The molecule has 0 aliphatic heterocycles. The second-order valence-corrected chi connectivity index (χ2v) is 5.93. The maximum Gasteiger partial charge on any atom is 0.262 e. The molecule has 0 atom stereocenters. The van der Waals surface area contributed by atoms with Crippen LogP contribution in [0, 0.1) is 0 Å². The van der Waals surface area contributed by atoms with E-state index in [4.69, 9.17) is 0 Å². The summed E-state index contributed by atoms with van der Waals surface area (Å²) in [6, 6.07) is 3.35. The summed E-state index contributed by atoms with van der Waals surface area (Å²) in [7, 11) is -0.471. The lowest BCUT2D eigenvalue weighted by Gasteiger charge is -2.17. The summed E-state index contributed by atoms with van der Waals surface area (Å²) in [4.78, 5) is 3.96. The van der Waals surface area contributed by atoms with Gasteiger partial charge in [-0.05, 0) is 12.1 Å². The Kier molecular flexibility index (Phi) is 3.82. The van der Waals surface area contributed by atoms with Gasteiger partial charge in [-0.15, -0.1) is 0 Å². The number of pyridine rings is 1. The molecule has 0 unspecified atom stereocenters. The minimum absolute atomic E-state index is 0.0171. The number of sulfonamides is 1. The van der Waals surface area contributed by atoms with Crippen molar-refractivity contribution in [3.63, 3.8) is 0 Å². The Balaban J connectivity index is 2.31. The Morgan fingerprint density at radius 2 is 2.26 bits per heavy atom. The van der Waals surface area contributed by atoms with E-state index in [1.165, 1.54) is 17.5 Å². The van der Waals surface area contributed by atoms with Crippen LogP contribution in [0.2, 0.25) is 0 Å². The quantitative estimate of drug-likeness (QED) is 0.840. The summed E-state index contributed by atoms with van der Waals surface area (Å²) in [5.74, 6) is 0. The molecule has 0 aliphatic rings. The van der Waals surface area contributed by atoms with Crippen LogP contribution in [0.3, 0.4) is 0 Å². The molecule has 2 N–H and O–H groups in total. The Labute approximate surface area is 111 Å². The third-order valence-corrected chi connectivity index (χ3v) is 4.42. The molecule has 0 spiro atoms. The van der Waals surface area contributed by atoms with Crippen molar-refractivity contribution in [2.24, 2.45) is 0 Å². The highest BCUT2D eigenvalue weighted by molar-refractivity contribution is 7.89. The van der Waals surface area contributed by atoms with Gasteiger partial charge in [-0.3, -0.25) is 5.10 Å². The predicted molar refractivity (Wildman–Crippen MR) is 71.0 cm³/mol. The van der Waals surface area contributed by atoms with Crippen LogP contribution in [0.1, 0.15) is 5.56 Å². The summed E-state index contributed by atoms with van der Waals surface area (Å²) in [6.45, 7) is 0.235. The second kappa shape index (κ2) is 5.37. The van der Waals surface area contributed by atoms with Gasteiger partial charge in [0.1, 0.15) is 0 Å². The van der Waals surface area contributed by atoms with Crippen LogP contribution in [0.25, 0.3) is 0 Å². The van der Waals surface area contributed by atoms with Gasteiger partial charge in [-0.25, -0.2) is 13.4 Å². The van der Waals surface area contributed by atoms with E-state index < -0.39 is 10.0 Å². The van der Waals surface area contributed by atoms with E-state index in [0.717, 1.165) is 5.56 Å². The van der Waals surface area contributed by atoms with Gasteiger partial charge in [0, 0.05) is 38.6 Å². The molecular formula is C11H15N5O2S. The molecule has 2 aromatic rings. The zero-order valence-electron chi connectivity index (χ0n) is 10.7. The molecule has 102 valence electrons. The number of aromatic nitrogens is 3. The number of hydrogen-bond acceptors (Lipinski definition) is 5. The average Bonchev–Trinajstić information content (AvgIpc) is 2.91. The highest BCUT2D eigenvalue weighted by Gasteiger charge is 2.25. The lowest BCUT2D eigenvalue weighted by atomic mass is 10.4. The molecular weight excluding hydrogens is 266 g/mol. The Hall–Kier alpha value is -1.93. The van der Waals surface area contributed by atoms with Crippen molar-refractivity contribution in [2.75, 3.05) is 19.4 Å². The van der Waals surface area contributed by atoms with Gasteiger partial charge < -0.3 is 5.32 Å². The summed E-state index contributed by atoms with van der Waals surface area (Å²) < 4.78 is 26.1. The van der Waals surface area contributed by atoms with E-state index in [2.05, 4.69) is 20.5 Å². The first-order chi connectivity index (χ1) is 9.05. The smallest absolute Gasteiger partial charge is 0.262 e. The van der Waals surface area contributed by atoms with Gasteiger partial charge in [0.2, 0.25) is 0 Å². The Morgan fingerprint density at radius 1 is 1.47 bits per heavy atom. The number of anilines is 1. The van der Waals surface area contributed by atoms with Crippen molar-refractivity contribution in [1.82, 2.24) is 19.5 Å². The fourth-order valence-electron chi connectivity index (χ4n) is 1.64. The fourth-order valence-corrected chi connectivity index (χ4v) is 2.90. The van der Waals surface area contributed by atoms with E-state index in [9.17, 15) is 8.42 Å². The third-order valence-electron chi connectivity index (χ3n) is 2.66. The van der Waals surface area contributed by atoms with E-state index in [0.29, 0.717) is 5.69 Å². The summed E-state index contributed by atoms with van der Waals surface area (Å²) in [5.41, 5.74) is 1.26. The topological polar surface area (TPSA) is 91.0 Å². The van der Waals surface area contributed by atoms with Crippen LogP contribution in [-0.4, -0.2) is 42.0 Å². The molecule has 0 saturated carbocycles. The van der Waals surface area contributed by atoms with E-state index in [-0.39, 0.29) is 11.6 Å². The highest BCUT2D eigenvalue weighted by atomic mass is 32.2. The molecule has 0 bridgehead atoms. The SMILES string of the molecule is CNc1cccnc1S(=O)(=O)N(C)Cc1cn[nH]c1. The maximum absolute atomic E-state index is 12.4. The van der Waals surface area contributed by atoms with Crippen molar-refractivity contribution in [3.8, 4) is 0 Å². The van der Waals surface area contributed by atoms with Crippen LogP contribution < -0.4 is 5.32 Å². The summed E-state index contributed by atoms with van der Waals surface area (Å²) in [6.07, 6.45) is 4.70. The monoisotopic (exact) mass is 281 g/mol. The minimum atomic E-state index is -3.64.